The summed E-state index contributed by atoms with van der Waals surface area (Å²) >= 11 is 5.94. The standard InChI is InChI=1S/C13H8ClFN2.C8H19NO/c14-9-3-1-2-8(6-9)10-4-5-16-13-12(10)11(15)7-17-13;1-7(2)5-9(4)6-8(3)10/h1-7H,(H,16,17);7-8,10H,5-6H2,1-4H3. The number of H-pyrrole nitrogens is 1. The highest BCUT2D eigenvalue weighted by molar-refractivity contribution is 6.30. The number of aliphatic hydroxyl groups excluding tert-OH is 1. The van der Waals surface area contributed by atoms with Crippen molar-refractivity contribution in [2.24, 2.45) is 5.92 Å². The highest BCUT2D eigenvalue weighted by atomic mass is 35.5. The van der Waals surface area contributed by atoms with Gasteiger partial charge in [-0.05, 0) is 49.2 Å². The molecule has 0 amide bonds. The van der Waals surface area contributed by atoms with Gasteiger partial charge in [-0.3, -0.25) is 0 Å². The Morgan fingerprint density at radius 3 is 2.59 bits per heavy atom. The number of aromatic amines is 1. The molecule has 0 aliphatic carbocycles. The van der Waals surface area contributed by atoms with Gasteiger partial charge in [-0.2, -0.15) is 0 Å². The lowest BCUT2D eigenvalue weighted by molar-refractivity contribution is 0.135. The Morgan fingerprint density at radius 1 is 1.22 bits per heavy atom. The van der Waals surface area contributed by atoms with E-state index in [2.05, 4.69) is 28.7 Å². The predicted octanol–water partition coefficient (Wildman–Crippen LogP) is 4.98. The van der Waals surface area contributed by atoms with E-state index in [0.717, 1.165) is 24.2 Å². The fourth-order valence-electron chi connectivity index (χ4n) is 3.06. The topological polar surface area (TPSA) is 52.1 Å². The SMILES string of the molecule is CC(C)CN(C)CC(C)O.Fc1c[nH]c2nccc(-c3cccc(Cl)c3)c12. The van der Waals surface area contributed by atoms with Crippen LogP contribution in [0.5, 0.6) is 0 Å². The lowest BCUT2D eigenvalue weighted by Gasteiger charge is -2.19. The summed E-state index contributed by atoms with van der Waals surface area (Å²) in [5.74, 6) is 0.381. The summed E-state index contributed by atoms with van der Waals surface area (Å²) in [4.78, 5) is 9.02. The van der Waals surface area contributed by atoms with Gasteiger partial charge in [0, 0.05) is 30.5 Å². The molecule has 27 heavy (non-hydrogen) atoms. The molecule has 0 aliphatic rings. The summed E-state index contributed by atoms with van der Waals surface area (Å²) in [5.41, 5.74) is 2.21. The molecule has 3 rings (SSSR count). The zero-order chi connectivity index (χ0) is 20.0. The van der Waals surface area contributed by atoms with Crippen LogP contribution < -0.4 is 0 Å². The van der Waals surface area contributed by atoms with Crippen LogP contribution in [-0.4, -0.2) is 46.2 Å². The number of fused-ring (bicyclic) bond motifs is 1. The monoisotopic (exact) mass is 391 g/mol. The minimum atomic E-state index is -0.303. The zero-order valence-electron chi connectivity index (χ0n) is 16.2. The van der Waals surface area contributed by atoms with Gasteiger partial charge >= 0.3 is 0 Å². The van der Waals surface area contributed by atoms with Gasteiger partial charge in [-0.1, -0.05) is 37.6 Å². The molecule has 1 aromatic carbocycles. The van der Waals surface area contributed by atoms with Crippen molar-refractivity contribution in [1.29, 1.82) is 0 Å². The van der Waals surface area contributed by atoms with E-state index < -0.39 is 0 Å². The maximum Gasteiger partial charge on any atom is 0.150 e. The number of nitrogens with one attached hydrogen (secondary N) is 1. The summed E-state index contributed by atoms with van der Waals surface area (Å²) < 4.78 is 13.7. The van der Waals surface area contributed by atoms with Crippen molar-refractivity contribution < 1.29 is 9.50 Å². The number of hydrogen-bond acceptors (Lipinski definition) is 3. The van der Waals surface area contributed by atoms with E-state index in [0.29, 0.717) is 22.0 Å². The van der Waals surface area contributed by atoms with Gasteiger partial charge < -0.3 is 15.0 Å². The van der Waals surface area contributed by atoms with Crippen molar-refractivity contribution in [3.8, 4) is 11.1 Å². The first-order valence-electron chi connectivity index (χ1n) is 9.02. The van der Waals surface area contributed by atoms with Crippen molar-refractivity contribution in [3.05, 3.63) is 53.6 Å². The van der Waals surface area contributed by atoms with Crippen molar-refractivity contribution in [2.75, 3.05) is 20.1 Å². The molecule has 1 atom stereocenters. The molecule has 0 fully saturated rings. The summed E-state index contributed by atoms with van der Waals surface area (Å²) in [6, 6.07) is 9.12. The minimum Gasteiger partial charge on any atom is -0.392 e. The zero-order valence-corrected chi connectivity index (χ0v) is 17.0. The quantitative estimate of drug-likeness (QED) is 0.645. The van der Waals surface area contributed by atoms with Crippen LogP contribution >= 0.6 is 11.6 Å². The molecule has 0 spiro atoms. The van der Waals surface area contributed by atoms with Gasteiger partial charge in [-0.25, -0.2) is 9.37 Å². The molecular weight excluding hydrogens is 365 g/mol. The van der Waals surface area contributed by atoms with E-state index in [1.54, 1.807) is 18.3 Å². The molecule has 2 heterocycles. The van der Waals surface area contributed by atoms with Gasteiger partial charge in [0.15, 0.2) is 5.82 Å². The van der Waals surface area contributed by atoms with E-state index in [-0.39, 0.29) is 11.9 Å². The lowest BCUT2D eigenvalue weighted by atomic mass is 10.0. The van der Waals surface area contributed by atoms with Crippen molar-refractivity contribution in [2.45, 2.75) is 26.9 Å². The molecule has 0 saturated carbocycles. The van der Waals surface area contributed by atoms with Crippen LogP contribution in [0.4, 0.5) is 4.39 Å². The maximum atomic E-state index is 13.7. The van der Waals surface area contributed by atoms with Crippen LogP contribution in [0, 0.1) is 11.7 Å². The normalized spacial score (nSPS) is 12.3. The van der Waals surface area contributed by atoms with E-state index >= 15 is 0 Å². The fraction of sp³-hybridized carbons (Fsp3) is 0.381. The molecule has 0 saturated heterocycles. The first-order valence-corrected chi connectivity index (χ1v) is 9.39. The molecule has 2 aromatic heterocycles. The second-order valence-corrected chi connectivity index (χ2v) is 7.63. The van der Waals surface area contributed by atoms with E-state index in [1.807, 2.05) is 32.2 Å². The van der Waals surface area contributed by atoms with Crippen LogP contribution in [-0.2, 0) is 0 Å². The van der Waals surface area contributed by atoms with Gasteiger partial charge in [0.25, 0.3) is 0 Å². The molecule has 0 radical (unpaired) electrons. The minimum absolute atomic E-state index is 0.205. The third-order valence-electron chi connectivity index (χ3n) is 3.91. The number of pyridine rings is 1. The number of aromatic nitrogens is 2. The summed E-state index contributed by atoms with van der Waals surface area (Å²) in [6.45, 7) is 8.01. The van der Waals surface area contributed by atoms with E-state index in [1.165, 1.54) is 6.20 Å². The number of likely N-dealkylation sites (N-methyl/N-ethyl adjacent to an activating group) is 1. The Kier molecular flexibility index (Phi) is 7.78. The fourth-order valence-corrected chi connectivity index (χ4v) is 3.25. The first-order chi connectivity index (χ1) is 12.8. The average Bonchev–Trinajstić information content (AvgIpc) is 2.95. The van der Waals surface area contributed by atoms with Crippen LogP contribution in [0.3, 0.4) is 0 Å². The van der Waals surface area contributed by atoms with E-state index in [4.69, 9.17) is 16.7 Å². The number of hydrogen-bond donors (Lipinski definition) is 2. The van der Waals surface area contributed by atoms with Crippen molar-refractivity contribution in [1.82, 2.24) is 14.9 Å². The van der Waals surface area contributed by atoms with Gasteiger partial charge in [0.05, 0.1) is 11.5 Å². The van der Waals surface area contributed by atoms with Crippen molar-refractivity contribution in [3.63, 3.8) is 0 Å². The molecule has 0 aliphatic heterocycles. The van der Waals surface area contributed by atoms with Gasteiger partial charge in [-0.15, -0.1) is 0 Å². The number of aliphatic hydroxyl groups is 1. The number of halogens is 2. The van der Waals surface area contributed by atoms with Gasteiger partial charge in [0.1, 0.15) is 5.65 Å². The maximum absolute atomic E-state index is 13.7. The Morgan fingerprint density at radius 2 is 1.96 bits per heavy atom. The van der Waals surface area contributed by atoms with Crippen LogP contribution in [0.25, 0.3) is 22.2 Å². The van der Waals surface area contributed by atoms with Crippen LogP contribution in [0.1, 0.15) is 20.8 Å². The summed E-state index contributed by atoms with van der Waals surface area (Å²) in [7, 11) is 2.03. The molecule has 6 heteroatoms. The first kappa shape index (κ1) is 21.4. The number of rotatable bonds is 5. The summed E-state index contributed by atoms with van der Waals surface area (Å²) in [5, 5.41) is 10.1. The largest absolute Gasteiger partial charge is 0.392 e. The summed E-state index contributed by atoms with van der Waals surface area (Å²) in [6.07, 6.45) is 2.75. The Hall–Kier alpha value is -1.95. The van der Waals surface area contributed by atoms with Crippen LogP contribution in [0.15, 0.2) is 42.7 Å². The Bertz CT molecular complexity index is 854. The third-order valence-corrected chi connectivity index (χ3v) is 4.15. The van der Waals surface area contributed by atoms with Crippen molar-refractivity contribution >= 4 is 22.6 Å². The second kappa shape index (κ2) is 9.83. The average molecular weight is 392 g/mol. The highest BCUT2D eigenvalue weighted by Crippen LogP contribution is 2.30. The molecule has 0 bridgehead atoms. The molecule has 4 nitrogen and oxygen atoms in total. The number of benzene rings is 1. The number of nitrogens with zero attached hydrogens (tertiary/aromatic N) is 2. The van der Waals surface area contributed by atoms with E-state index in [9.17, 15) is 4.39 Å². The predicted molar refractivity (Wildman–Crippen MR) is 111 cm³/mol. The molecule has 1 unspecified atom stereocenters. The smallest absolute Gasteiger partial charge is 0.150 e. The lowest BCUT2D eigenvalue weighted by Crippen LogP contribution is -2.30. The molecular formula is C21H27ClFN3O. The van der Waals surface area contributed by atoms with Gasteiger partial charge in [0.2, 0.25) is 0 Å². The second-order valence-electron chi connectivity index (χ2n) is 7.19. The van der Waals surface area contributed by atoms with Crippen LogP contribution in [0.2, 0.25) is 5.02 Å². The third kappa shape index (κ3) is 6.31. The molecule has 146 valence electrons. The Balaban J connectivity index is 0.000000227. The molecule has 2 N–H and O–H groups in total. The Labute approximate surface area is 165 Å². The molecule has 3 aromatic rings. The highest BCUT2D eigenvalue weighted by Gasteiger charge is 2.10.